The van der Waals surface area contributed by atoms with Crippen LogP contribution in [-0.4, -0.2) is 39.7 Å². The van der Waals surface area contributed by atoms with Gasteiger partial charge in [0.2, 0.25) is 11.7 Å². The predicted octanol–water partition coefficient (Wildman–Crippen LogP) is 1.80. The summed E-state index contributed by atoms with van der Waals surface area (Å²) in [5.41, 5.74) is 1.68. The standard InChI is InChI=1S/C19H19N5O2/c1-14(25)20-12-13-21-19(26)17-22-18(15-8-4-2-5-9-15)24(23-17)16-10-6-3-7-11-16/h2-11H,12-13H2,1H3,(H,20,25)(H,21,26). The molecule has 26 heavy (non-hydrogen) atoms. The number of hydrogen-bond donors (Lipinski definition) is 2. The first kappa shape index (κ1) is 17.3. The fourth-order valence-corrected chi connectivity index (χ4v) is 2.43. The summed E-state index contributed by atoms with van der Waals surface area (Å²) in [6.07, 6.45) is 0. The van der Waals surface area contributed by atoms with Crippen LogP contribution in [0, 0.1) is 0 Å². The Morgan fingerprint density at radius 1 is 0.923 bits per heavy atom. The van der Waals surface area contributed by atoms with Crippen molar-refractivity contribution >= 4 is 11.8 Å². The van der Waals surface area contributed by atoms with E-state index in [1.807, 2.05) is 60.7 Å². The van der Waals surface area contributed by atoms with Crippen LogP contribution in [0.5, 0.6) is 0 Å². The van der Waals surface area contributed by atoms with E-state index >= 15 is 0 Å². The summed E-state index contributed by atoms with van der Waals surface area (Å²) in [5.74, 6) is 0.138. The van der Waals surface area contributed by atoms with Crippen LogP contribution >= 0.6 is 0 Å². The Morgan fingerprint density at radius 2 is 1.54 bits per heavy atom. The number of para-hydroxylation sites is 1. The van der Waals surface area contributed by atoms with Crippen LogP contribution in [0.15, 0.2) is 60.7 Å². The van der Waals surface area contributed by atoms with E-state index in [2.05, 4.69) is 20.7 Å². The second kappa shape index (κ2) is 8.06. The summed E-state index contributed by atoms with van der Waals surface area (Å²) in [6.45, 7) is 2.09. The van der Waals surface area contributed by atoms with Gasteiger partial charge >= 0.3 is 0 Å². The molecule has 2 amide bonds. The molecule has 3 aromatic rings. The van der Waals surface area contributed by atoms with Crippen LogP contribution in [0.1, 0.15) is 17.5 Å². The SMILES string of the molecule is CC(=O)NCCNC(=O)c1nc(-c2ccccc2)n(-c2ccccc2)n1. The lowest BCUT2D eigenvalue weighted by molar-refractivity contribution is -0.118. The molecule has 0 aliphatic rings. The smallest absolute Gasteiger partial charge is 0.291 e. The van der Waals surface area contributed by atoms with Gasteiger partial charge in [-0.2, -0.15) is 0 Å². The summed E-state index contributed by atoms with van der Waals surface area (Å²) >= 11 is 0. The number of aromatic nitrogens is 3. The Labute approximate surface area is 151 Å². The highest BCUT2D eigenvalue weighted by Gasteiger charge is 2.18. The van der Waals surface area contributed by atoms with Gasteiger partial charge < -0.3 is 10.6 Å². The molecule has 7 nitrogen and oxygen atoms in total. The minimum Gasteiger partial charge on any atom is -0.355 e. The van der Waals surface area contributed by atoms with E-state index < -0.39 is 0 Å². The first-order chi connectivity index (χ1) is 12.6. The number of carbonyl (C=O) groups is 2. The molecule has 0 aliphatic carbocycles. The fraction of sp³-hybridized carbons (Fsp3) is 0.158. The van der Waals surface area contributed by atoms with Crippen molar-refractivity contribution in [3.05, 3.63) is 66.5 Å². The van der Waals surface area contributed by atoms with Crippen LogP contribution < -0.4 is 10.6 Å². The third kappa shape index (κ3) is 4.13. The van der Waals surface area contributed by atoms with E-state index in [9.17, 15) is 9.59 Å². The molecule has 0 fully saturated rings. The number of amides is 2. The molecular weight excluding hydrogens is 330 g/mol. The molecule has 0 radical (unpaired) electrons. The fourth-order valence-electron chi connectivity index (χ4n) is 2.43. The molecule has 0 saturated heterocycles. The lowest BCUT2D eigenvalue weighted by atomic mass is 10.2. The molecule has 132 valence electrons. The quantitative estimate of drug-likeness (QED) is 0.664. The van der Waals surface area contributed by atoms with Gasteiger partial charge in [-0.15, -0.1) is 5.10 Å². The summed E-state index contributed by atoms with van der Waals surface area (Å²) in [4.78, 5) is 27.6. The van der Waals surface area contributed by atoms with Gasteiger partial charge in [0.25, 0.3) is 5.91 Å². The molecule has 0 aliphatic heterocycles. The van der Waals surface area contributed by atoms with Crippen molar-refractivity contribution in [2.75, 3.05) is 13.1 Å². The number of rotatable bonds is 6. The maximum Gasteiger partial charge on any atom is 0.291 e. The number of hydrogen-bond acceptors (Lipinski definition) is 4. The van der Waals surface area contributed by atoms with E-state index in [0.29, 0.717) is 18.9 Å². The molecule has 0 saturated carbocycles. The molecular formula is C19H19N5O2. The summed E-state index contributed by atoms with van der Waals surface area (Å²) < 4.78 is 1.65. The van der Waals surface area contributed by atoms with E-state index in [4.69, 9.17) is 0 Å². The van der Waals surface area contributed by atoms with E-state index in [0.717, 1.165) is 11.3 Å². The lowest BCUT2D eigenvalue weighted by Crippen LogP contribution is -2.34. The summed E-state index contributed by atoms with van der Waals surface area (Å²) in [5, 5.41) is 9.70. The second-order valence-electron chi connectivity index (χ2n) is 5.61. The van der Waals surface area contributed by atoms with Crippen LogP contribution in [0.3, 0.4) is 0 Å². The zero-order valence-electron chi connectivity index (χ0n) is 14.3. The Morgan fingerprint density at radius 3 is 2.19 bits per heavy atom. The Hall–Kier alpha value is -3.48. The van der Waals surface area contributed by atoms with Crippen molar-refractivity contribution in [2.45, 2.75) is 6.92 Å². The van der Waals surface area contributed by atoms with Gasteiger partial charge in [-0.25, -0.2) is 9.67 Å². The van der Waals surface area contributed by atoms with Gasteiger partial charge in [0, 0.05) is 25.6 Å². The Balaban J connectivity index is 1.87. The zero-order valence-corrected chi connectivity index (χ0v) is 14.3. The monoisotopic (exact) mass is 349 g/mol. The average Bonchev–Trinajstić information content (AvgIpc) is 3.12. The van der Waals surface area contributed by atoms with E-state index in [-0.39, 0.29) is 17.6 Å². The van der Waals surface area contributed by atoms with E-state index in [1.54, 1.807) is 4.68 Å². The molecule has 7 heteroatoms. The van der Waals surface area contributed by atoms with Crippen molar-refractivity contribution in [2.24, 2.45) is 0 Å². The number of nitrogens with zero attached hydrogens (tertiary/aromatic N) is 3. The normalized spacial score (nSPS) is 10.3. The van der Waals surface area contributed by atoms with Crippen LogP contribution in [0.4, 0.5) is 0 Å². The van der Waals surface area contributed by atoms with Gasteiger partial charge in [0.1, 0.15) is 0 Å². The molecule has 1 aromatic heterocycles. The second-order valence-corrected chi connectivity index (χ2v) is 5.61. The van der Waals surface area contributed by atoms with Crippen molar-refractivity contribution in [3.8, 4) is 17.1 Å². The van der Waals surface area contributed by atoms with Gasteiger partial charge in [0.15, 0.2) is 5.82 Å². The molecule has 3 rings (SSSR count). The molecule has 2 N–H and O–H groups in total. The van der Waals surface area contributed by atoms with Gasteiger partial charge in [-0.05, 0) is 12.1 Å². The molecule has 0 atom stereocenters. The van der Waals surface area contributed by atoms with Crippen LogP contribution in [0.25, 0.3) is 17.1 Å². The number of nitrogens with one attached hydrogen (secondary N) is 2. The maximum absolute atomic E-state index is 12.4. The van der Waals surface area contributed by atoms with Crippen LogP contribution in [-0.2, 0) is 4.79 Å². The minimum absolute atomic E-state index is 0.0792. The first-order valence-electron chi connectivity index (χ1n) is 8.25. The third-order valence-corrected chi connectivity index (χ3v) is 3.63. The summed E-state index contributed by atoms with van der Waals surface area (Å²) in [6, 6.07) is 19.1. The van der Waals surface area contributed by atoms with Gasteiger partial charge in [-0.3, -0.25) is 9.59 Å². The molecule has 0 bridgehead atoms. The van der Waals surface area contributed by atoms with Crippen molar-refractivity contribution in [1.82, 2.24) is 25.4 Å². The largest absolute Gasteiger partial charge is 0.355 e. The van der Waals surface area contributed by atoms with Crippen LogP contribution in [0.2, 0.25) is 0 Å². The minimum atomic E-state index is -0.387. The molecule has 2 aromatic carbocycles. The van der Waals surface area contributed by atoms with Gasteiger partial charge in [-0.1, -0.05) is 48.5 Å². The maximum atomic E-state index is 12.4. The number of carbonyl (C=O) groups excluding carboxylic acids is 2. The first-order valence-corrected chi connectivity index (χ1v) is 8.25. The highest BCUT2D eigenvalue weighted by atomic mass is 16.2. The highest BCUT2D eigenvalue weighted by Crippen LogP contribution is 2.20. The Bertz CT molecular complexity index is 834. The molecule has 0 unspecified atom stereocenters. The van der Waals surface area contributed by atoms with Crippen molar-refractivity contribution < 1.29 is 9.59 Å². The summed E-state index contributed by atoms with van der Waals surface area (Å²) in [7, 11) is 0. The van der Waals surface area contributed by atoms with E-state index in [1.165, 1.54) is 6.92 Å². The topological polar surface area (TPSA) is 88.9 Å². The van der Waals surface area contributed by atoms with Crippen molar-refractivity contribution in [1.29, 1.82) is 0 Å². The molecule has 1 heterocycles. The molecule has 0 spiro atoms. The highest BCUT2D eigenvalue weighted by molar-refractivity contribution is 5.91. The number of benzene rings is 2. The Kier molecular flexibility index (Phi) is 5.38. The lowest BCUT2D eigenvalue weighted by Gasteiger charge is -2.05. The zero-order chi connectivity index (χ0) is 18.4. The predicted molar refractivity (Wildman–Crippen MR) is 97.8 cm³/mol. The van der Waals surface area contributed by atoms with Crippen molar-refractivity contribution in [3.63, 3.8) is 0 Å². The average molecular weight is 349 g/mol. The van der Waals surface area contributed by atoms with Gasteiger partial charge in [0.05, 0.1) is 5.69 Å². The third-order valence-electron chi connectivity index (χ3n) is 3.63.